The highest BCUT2D eigenvalue weighted by Crippen LogP contribution is 2.28. The standard InChI is InChI=1S/C21H24N4O4/c1-15(16-7-3-2-4-8-16)24-14-17(13-20(24)26)21(27)23-12-11-22-18-9-5-6-10-19(18)25(28)29/h2-10,15,17,22H,11-14H2,1H3,(H,23,27)/t15-,17+/m0/s1. The van der Waals surface area contributed by atoms with Gasteiger partial charge in [0.1, 0.15) is 5.69 Å². The van der Waals surface area contributed by atoms with Crippen molar-refractivity contribution in [1.29, 1.82) is 0 Å². The van der Waals surface area contributed by atoms with Gasteiger partial charge >= 0.3 is 0 Å². The fourth-order valence-corrected chi connectivity index (χ4v) is 3.50. The normalized spacial score (nSPS) is 17.1. The quantitative estimate of drug-likeness (QED) is 0.406. The van der Waals surface area contributed by atoms with Crippen LogP contribution in [0, 0.1) is 16.0 Å². The molecule has 2 aromatic carbocycles. The van der Waals surface area contributed by atoms with Gasteiger partial charge in [0, 0.05) is 32.1 Å². The van der Waals surface area contributed by atoms with E-state index < -0.39 is 4.92 Å². The van der Waals surface area contributed by atoms with Gasteiger partial charge in [-0.25, -0.2) is 0 Å². The van der Waals surface area contributed by atoms with Gasteiger partial charge in [-0.3, -0.25) is 19.7 Å². The molecule has 8 nitrogen and oxygen atoms in total. The number of benzene rings is 2. The summed E-state index contributed by atoms with van der Waals surface area (Å²) in [6, 6.07) is 16.0. The Morgan fingerprint density at radius 2 is 1.86 bits per heavy atom. The van der Waals surface area contributed by atoms with Crippen LogP contribution in [0.2, 0.25) is 0 Å². The molecular weight excluding hydrogens is 372 g/mol. The fraction of sp³-hybridized carbons (Fsp3) is 0.333. The first-order valence-electron chi connectivity index (χ1n) is 9.56. The van der Waals surface area contributed by atoms with Crippen molar-refractivity contribution >= 4 is 23.2 Å². The lowest BCUT2D eigenvalue weighted by atomic mass is 10.1. The Labute approximate surface area is 169 Å². The van der Waals surface area contributed by atoms with Crippen LogP contribution in [-0.2, 0) is 9.59 Å². The van der Waals surface area contributed by atoms with Crippen LogP contribution < -0.4 is 10.6 Å². The Bertz CT molecular complexity index is 887. The van der Waals surface area contributed by atoms with Crippen LogP contribution in [0.4, 0.5) is 11.4 Å². The molecule has 1 aliphatic rings. The molecule has 1 saturated heterocycles. The number of rotatable bonds is 8. The van der Waals surface area contributed by atoms with Crippen molar-refractivity contribution in [2.24, 2.45) is 5.92 Å². The van der Waals surface area contributed by atoms with Gasteiger partial charge < -0.3 is 15.5 Å². The average molecular weight is 396 g/mol. The Hall–Kier alpha value is -3.42. The summed E-state index contributed by atoms with van der Waals surface area (Å²) in [4.78, 5) is 37.2. The number of anilines is 1. The number of carbonyl (C=O) groups is 2. The summed E-state index contributed by atoms with van der Waals surface area (Å²) in [6.07, 6.45) is 0.195. The Kier molecular flexibility index (Phi) is 6.43. The van der Waals surface area contributed by atoms with E-state index in [4.69, 9.17) is 0 Å². The first kappa shape index (κ1) is 20.3. The summed E-state index contributed by atoms with van der Waals surface area (Å²) in [5.74, 6) is -0.593. The van der Waals surface area contributed by atoms with Crippen molar-refractivity contribution in [3.05, 3.63) is 70.3 Å². The summed E-state index contributed by atoms with van der Waals surface area (Å²) in [6.45, 7) is 3.01. The first-order chi connectivity index (χ1) is 14.0. The van der Waals surface area contributed by atoms with Crippen molar-refractivity contribution < 1.29 is 14.5 Å². The number of nitro benzene ring substituents is 1. The predicted molar refractivity (Wildman–Crippen MR) is 109 cm³/mol. The van der Waals surface area contributed by atoms with E-state index in [1.165, 1.54) is 6.07 Å². The number of nitro groups is 1. The van der Waals surface area contributed by atoms with Gasteiger partial charge in [0.25, 0.3) is 5.69 Å². The van der Waals surface area contributed by atoms with E-state index >= 15 is 0 Å². The number of nitrogens with zero attached hydrogens (tertiary/aromatic N) is 2. The monoisotopic (exact) mass is 396 g/mol. The minimum absolute atomic E-state index is 0.00856. The molecule has 2 aromatic rings. The minimum atomic E-state index is -0.451. The average Bonchev–Trinajstić information content (AvgIpc) is 3.13. The van der Waals surface area contributed by atoms with Gasteiger partial charge in [-0.1, -0.05) is 42.5 Å². The molecule has 0 bridgehead atoms. The molecule has 1 heterocycles. The molecule has 3 rings (SSSR count). The molecule has 2 atom stereocenters. The Balaban J connectivity index is 1.48. The maximum Gasteiger partial charge on any atom is 0.292 e. The molecule has 2 amide bonds. The molecular formula is C21H24N4O4. The van der Waals surface area contributed by atoms with E-state index in [-0.39, 0.29) is 35.9 Å². The first-order valence-corrected chi connectivity index (χ1v) is 9.56. The molecule has 152 valence electrons. The van der Waals surface area contributed by atoms with Crippen LogP contribution >= 0.6 is 0 Å². The molecule has 8 heteroatoms. The second-order valence-electron chi connectivity index (χ2n) is 7.03. The van der Waals surface area contributed by atoms with Gasteiger partial charge in [0.15, 0.2) is 0 Å². The summed E-state index contributed by atoms with van der Waals surface area (Å²) >= 11 is 0. The van der Waals surface area contributed by atoms with Crippen LogP contribution in [-0.4, -0.2) is 41.3 Å². The maximum absolute atomic E-state index is 12.5. The Morgan fingerprint density at radius 3 is 2.59 bits per heavy atom. The number of nitrogens with one attached hydrogen (secondary N) is 2. The topological polar surface area (TPSA) is 105 Å². The summed E-state index contributed by atoms with van der Waals surface area (Å²) in [5.41, 5.74) is 1.44. The molecule has 0 aromatic heterocycles. The van der Waals surface area contributed by atoms with Crippen LogP contribution in [0.1, 0.15) is 24.9 Å². The van der Waals surface area contributed by atoms with E-state index in [9.17, 15) is 19.7 Å². The van der Waals surface area contributed by atoms with E-state index in [0.29, 0.717) is 25.3 Å². The van der Waals surface area contributed by atoms with Gasteiger partial charge in [-0.15, -0.1) is 0 Å². The van der Waals surface area contributed by atoms with Gasteiger partial charge in [0.2, 0.25) is 11.8 Å². The lowest BCUT2D eigenvalue weighted by molar-refractivity contribution is -0.384. The highest BCUT2D eigenvalue weighted by Gasteiger charge is 2.36. The van der Waals surface area contributed by atoms with Crippen molar-refractivity contribution in [2.75, 3.05) is 25.0 Å². The van der Waals surface area contributed by atoms with Crippen LogP contribution in [0.25, 0.3) is 0 Å². The zero-order chi connectivity index (χ0) is 20.8. The van der Waals surface area contributed by atoms with Crippen LogP contribution in [0.15, 0.2) is 54.6 Å². The molecule has 0 radical (unpaired) electrons. The van der Waals surface area contributed by atoms with Crippen LogP contribution in [0.5, 0.6) is 0 Å². The van der Waals surface area contributed by atoms with Crippen LogP contribution in [0.3, 0.4) is 0 Å². The van der Waals surface area contributed by atoms with Crippen molar-refractivity contribution in [3.8, 4) is 0 Å². The third-order valence-electron chi connectivity index (χ3n) is 5.12. The smallest absolute Gasteiger partial charge is 0.292 e. The van der Waals surface area contributed by atoms with Crippen molar-refractivity contribution in [2.45, 2.75) is 19.4 Å². The molecule has 0 spiro atoms. The van der Waals surface area contributed by atoms with Gasteiger partial charge in [0.05, 0.1) is 16.9 Å². The lowest BCUT2D eigenvalue weighted by Gasteiger charge is -2.25. The molecule has 0 saturated carbocycles. The second-order valence-corrected chi connectivity index (χ2v) is 7.03. The number of carbonyl (C=O) groups excluding carboxylic acids is 2. The van der Waals surface area contributed by atoms with E-state index in [0.717, 1.165) is 5.56 Å². The molecule has 0 unspecified atom stereocenters. The highest BCUT2D eigenvalue weighted by atomic mass is 16.6. The summed E-state index contributed by atoms with van der Waals surface area (Å²) in [7, 11) is 0. The molecule has 1 fully saturated rings. The number of hydrogen-bond acceptors (Lipinski definition) is 5. The van der Waals surface area contributed by atoms with Gasteiger partial charge in [-0.2, -0.15) is 0 Å². The SMILES string of the molecule is C[C@@H](c1ccccc1)N1C[C@H](C(=O)NCCNc2ccccc2[N+](=O)[O-])CC1=O. The number of para-hydroxylation sites is 2. The Morgan fingerprint density at radius 1 is 1.17 bits per heavy atom. The molecule has 0 aliphatic carbocycles. The number of hydrogen-bond donors (Lipinski definition) is 2. The third-order valence-corrected chi connectivity index (χ3v) is 5.12. The maximum atomic E-state index is 12.5. The summed E-state index contributed by atoms with van der Waals surface area (Å²) in [5, 5.41) is 16.8. The minimum Gasteiger partial charge on any atom is -0.378 e. The second kappa shape index (κ2) is 9.18. The van der Waals surface area contributed by atoms with E-state index in [1.807, 2.05) is 37.3 Å². The summed E-state index contributed by atoms with van der Waals surface area (Å²) < 4.78 is 0. The number of amides is 2. The van der Waals surface area contributed by atoms with Crippen molar-refractivity contribution in [1.82, 2.24) is 10.2 Å². The molecule has 2 N–H and O–H groups in total. The number of likely N-dealkylation sites (tertiary alicyclic amines) is 1. The highest BCUT2D eigenvalue weighted by molar-refractivity contribution is 5.89. The predicted octanol–water partition coefficient (Wildman–Crippen LogP) is 2.73. The lowest BCUT2D eigenvalue weighted by Crippen LogP contribution is -2.36. The van der Waals surface area contributed by atoms with E-state index in [1.54, 1.807) is 23.1 Å². The zero-order valence-electron chi connectivity index (χ0n) is 16.2. The van der Waals surface area contributed by atoms with Crippen molar-refractivity contribution in [3.63, 3.8) is 0 Å². The largest absolute Gasteiger partial charge is 0.378 e. The fourth-order valence-electron chi connectivity index (χ4n) is 3.50. The third kappa shape index (κ3) is 4.90. The van der Waals surface area contributed by atoms with E-state index in [2.05, 4.69) is 10.6 Å². The van der Waals surface area contributed by atoms with Gasteiger partial charge in [-0.05, 0) is 18.6 Å². The molecule has 29 heavy (non-hydrogen) atoms. The molecule has 1 aliphatic heterocycles. The zero-order valence-corrected chi connectivity index (χ0v) is 16.2.